The number of rotatable bonds is 6. The number of nitrogens with zero attached hydrogens (tertiary/aromatic N) is 2. The highest BCUT2D eigenvalue weighted by atomic mass is 16.5. The van der Waals surface area contributed by atoms with Crippen LogP contribution in [0.1, 0.15) is 50.1 Å². The Labute approximate surface area is 124 Å². The van der Waals surface area contributed by atoms with Gasteiger partial charge in [0.15, 0.2) is 0 Å². The molecule has 2 N–H and O–H groups in total. The summed E-state index contributed by atoms with van der Waals surface area (Å²) in [5, 5.41) is 0. The fourth-order valence-corrected chi connectivity index (χ4v) is 2.31. The second-order valence-corrected chi connectivity index (χ2v) is 5.63. The lowest BCUT2D eigenvalue weighted by Gasteiger charge is -2.26. The Balaban J connectivity index is 2.20. The standard InChI is InChI=1S/C15H23N3O3/c1-4-21-14(19)9-17(10(2)3)15(20)13-7-11(16)8-18(13)12-5-6-12/h7-8,10,12H,4-6,9,16H2,1-3H3. The topological polar surface area (TPSA) is 77.6 Å². The van der Waals surface area contributed by atoms with Crippen LogP contribution in [0.2, 0.25) is 0 Å². The van der Waals surface area contributed by atoms with E-state index in [4.69, 9.17) is 10.5 Å². The maximum atomic E-state index is 12.7. The van der Waals surface area contributed by atoms with Gasteiger partial charge in [0.2, 0.25) is 0 Å². The molecule has 0 aliphatic heterocycles. The van der Waals surface area contributed by atoms with E-state index in [-0.39, 0.29) is 18.5 Å². The summed E-state index contributed by atoms with van der Waals surface area (Å²) in [6.07, 6.45) is 3.93. The highest BCUT2D eigenvalue weighted by molar-refractivity contribution is 5.96. The van der Waals surface area contributed by atoms with Crippen molar-refractivity contribution in [2.75, 3.05) is 18.9 Å². The number of nitrogens with two attached hydrogens (primary N) is 1. The van der Waals surface area contributed by atoms with Crippen molar-refractivity contribution in [3.05, 3.63) is 18.0 Å². The summed E-state index contributed by atoms with van der Waals surface area (Å²) in [5.41, 5.74) is 6.95. The molecule has 0 saturated heterocycles. The Morgan fingerprint density at radius 1 is 1.48 bits per heavy atom. The summed E-state index contributed by atoms with van der Waals surface area (Å²) in [5.74, 6) is -0.571. The molecule has 116 valence electrons. The summed E-state index contributed by atoms with van der Waals surface area (Å²) in [6, 6.07) is 1.95. The molecule has 1 aromatic rings. The number of carbonyl (C=O) groups excluding carboxylic acids is 2. The van der Waals surface area contributed by atoms with Crippen LogP contribution in [0, 0.1) is 0 Å². The number of hydrogen-bond acceptors (Lipinski definition) is 4. The first-order valence-electron chi connectivity index (χ1n) is 7.38. The number of ether oxygens (including phenoxy) is 1. The minimum Gasteiger partial charge on any atom is -0.465 e. The molecule has 0 bridgehead atoms. The molecule has 1 aromatic heterocycles. The normalized spacial score (nSPS) is 14.3. The summed E-state index contributed by atoms with van der Waals surface area (Å²) in [6.45, 7) is 5.78. The third-order valence-electron chi connectivity index (χ3n) is 3.52. The number of nitrogen functional groups attached to an aromatic ring is 1. The van der Waals surface area contributed by atoms with Crippen LogP contribution in [0.5, 0.6) is 0 Å². The Hall–Kier alpha value is -1.98. The third kappa shape index (κ3) is 3.56. The van der Waals surface area contributed by atoms with E-state index in [0.717, 1.165) is 12.8 Å². The zero-order valence-corrected chi connectivity index (χ0v) is 12.8. The van der Waals surface area contributed by atoms with E-state index in [1.54, 1.807) is 19.2 Å². The van der Waals surface area contributed by atoms with E-state index in [1.807, 2.05) is 18.4 Å². The first-order valence-corrected chi connectivity index (χ1v) is 7.38. The molecule has 1 heterocycles. The molecule has 1 aliphatic carbocycles. The first-order chi connectivity index (χ1) is 9.93. The fraction of sp³-hybridized carbons (Fsp3) is 0.600. The quantitative estimate of drug-likeness (QED) is 0.812. The summed E-state index contributed by atoms with van der Waals surface area (Å²) in [7, 11) is 0. The molecule has 6 heteroatoms. The molecule has 1 saturated carbocycles. The van der Waals surface area contributed by atoms with Gasteiger partial charge in [-0.3, -0.25) is 9.59 Å². The largest absolute Gasteiger partial charge is 0.465 e. The summed E-state index contributed by atoms with van der Waals surface area (Å²) >= 11 is 0. The molecule has 0 unspecified atom stereocenters. The molecule has 1 fully saturated rings. The van der Waals surface area contributed by atoms with Gasteiger partial charge in [0.05, 0.1) is 12.3 Å². The van der Waals surface area contributed by atoms with Crippen molar-refractivity contribution in [1.82, 2.24) is 9.47 Å². The van der Waals surface area contributed by atoms with Gasteiger partial charge < -0.3 is 19.9 Å². The van der Waals surface area contributed by atoms with Crippen LogP contribution in [-0.4, -0.2) is 40.5 Å². The van der Waals surface area contributed by atoms with Crippen molar-refractivity contribution in [2.24, 2.45) is 0 Å². The van der Waals surface area contributed by atoms with Crippen LogP contribution < -0.4 is 5.73 Å². The maximum Gasteiger partial charge on any atom is 0.325 e. The molecule has 0 radical (unpaired) electrons. The molecule has 0 aromatic carbocycles. The number of amides is 1. The van der Waals surface area contributed by atoms with Gasteiger partial charge in [-0.15, -0.1) is 0 Å². The maximum absolute atomic E-state index is 12.7. The van der Waals surface area contributed by atoms with Gasteiger partial charge in [0.25, 0.3) is 5.91 Å². The average Bonchev–Trinajstić information content (AvgIpc) is 3.18. The Kier molecular flexibility index (Phi) is 4.55. The fourth-order valence-electron chi connectivity index (χ4n) is 2.31. The van der Waals surface area contributed by atoms with Crippen LogP contribution in [0.25, 0.3) is 0 Å². The molecule has 1 amide bonds. The number of carbonyl (C=O) groups is 2. The number of anilines is 1. The van der Waals surface area contributed by atoms with Gasteiger partial charge in [-0.2, -0.15) is 0 Å². The van der Waals surface area contributed by atoms with Crippen molar-refractivity contribution in [3.63, 3.8) is 0 Å². The van der Waals surface area contributed by atoms with Crippen molar-refractivity contribution >= 4 is 17.6 Å². The van der Waals surface area contributed by atoms with Crippen LogP contribution in [-0.2, 0) is 9.53 Å². The monoisotopic (exact) mass is 293 g/mol. The number of esters is 1. The molecule has 1 aliphatic rings. The van der Waals surface area contributed by atoms with E-state index in [9.17, 15) is 9.59 Å². The molecule has 0 atom stereocenters. The first kappa shape index (κ1) is 15.4. The smallest absolute Gasteiger partial charge is 0.325 e. The van der Waals surface area contributed by atoms with Crippen molar-refractivity contribution < 1.29 is 14.3 Å². The van der Waals surface area contributed by atoms with Crippen molar-refractivity contribution in [1.29, 1.82) is 0 Å². The van der Waals surface area contributed by atoms with E-state index in [0.29, 0.717) is 24.0 Å². The Morgan fingerprint density at radius 3 is 2.67 bits per heavy atom. The van der Waals surface area contributed by atoms with Gasteiger partial charge in [0.1, 0.15) is 12.2 Å². The number of hydrogen-bond donors (Lipinski definition) is 1. The van der Waals surface area contributed by atoms with Crippen LogP contribution in [0.15, 0.2) is 12.3 Å². The second-order valence-electron chi connectivity index (χ2n) is 5.63. The van der Waals surface area contributed by atoms with E-state index in [2.05, 4.69) is 0 Å². The van der Waals surface area contributed by atoms with Gasteiger partial charge in [-0.25, -0.2) is 0 Å². The predicted octanol–water partition coefficient (Wildman–Crippen LogP) is 1.82. The van der Waals surface area contributed by atoms with Gasteiger partial charge in [-0.05, 0) is 39.7 Å². The molecule has 2 rings (SSSR count). The van der Waals surface area contributed by atoms with Crippen molar-refractivity contribution in [3.8, 4) is 0 Å². The number of aromatic nitrogens is 1. The van der Waals surface area contributed by atoms with Gasteiger partial charge in [-0.1, -0.05) is 0 Å². The third-order valence-corrected chi connectivity index (χ3v) is 3.52. The minimum absolute atomic E-state index is 0.0416. The van der Waals surface area contributed by atoms with Gasteiger partial charge in [0, 0.05) is 18.3 Å². The minimum atomic E-state index is -0.392. The lowest BCUT2D eigenvalue weighted by atomic mass is 10.2. The lowest BCUT2D eigenvalue weighted by molar-refractivity contribution is -0.144. The Morgan fingerprint density at radius 2 is 2.14 bits per heavy atom. The SMILES string of the molecule is CCOC(=O)CN(C(=O)c1cc(N)cn1C1CC1)C(C)C. The Bertz CT molecular complexity index is 532. The zero-order valence-electron chi connectivity index (χ0n) is 12.8. The van der Waals surface area contributed by atoms with E-state index >= 15 is 0 Å². The van der Waals surface area contributed by atoms with Crippen LogP contribution in [0.3, 0.4) is 0 Å². The lowest BCUT2D eigenvalue weighted by Crippen LogP contribution is -2.42. The van der Waals surface area contributed by atoms with Crippen molar-refractivity contribution in [2.45, 2.75) is 45.7 Å². The zero-order chi connectivity index (χ0) is 15.6. The van der Waals surface area contributed by atoms with Gasteiger partial charge >= 0.3 is 5.97 Å². The highest BCUT2D eigenvalue weighted by Crippen LogP contribution is 2.37. The molecule has 0 spiro atoms. The molecular formula is C15H23N3O3. The van der Waals surface area contributed by atoms with Crippen LogP contribution >= 0.6 is 0 Å². The molecule has 21 heavy (non-hydrogen) atoms. The van der Waals surface area contributed by atoms with Crippen LogP contribution in [0.4, 0.5) is 5.69 Å². The van der Waals surface area contributed by atoms with E-state index in [1.165, 1.54) is 4.90 Å². The molecule has 6 nitrogen and oxygen atoms in total. The highest BCUT2D eigenvalue weighted by Gasteiger charge is 2.31. The summed E-state index contributed by atoms with van der Waals surface area (Å²) in [4.78, 5) is 25.9. The predicted molar refractivity (Wildman–Crippen MR) is 79.9 cm³/mol. The van der Waals surface area contributed by atoms with E-state index < -0.39 is 5.97 Å². The average molecular weight is 293 g/mol. The molecular weight excluding hydrogens is 270 g/mol. The second kappa shape index (κ2) is 6.20. The summed E-state index contributed by atoms with van der Waals surface area (Å²) < 4.78 is 6.87.